The summed E-state index contributed by atoms with van der Waals surface area (Å²) in [6.07, 6.45) is 5.30. The van der Waals surface area contributed by atoms with Crippen LogP contribution in [-0.4, -0.2) is 60.7 Å². The maximum absolute atomic E-state index is 13.1. The minimum atomic E-state index is -0.163. The van der Waals surface area contributed by atoms with Crippen LogP contribution < -0.4 is 5.32 Å². The molecule has 0 aromatic heterocycles. The van der Waals surface area contributed by atoms with E-state index in [1.54, 1.807) is 41.5 Å². The number of nitrogens with one attached hydrogen (secondary N) is 1. The fraction of sp³-hybridized carbons (Fsp3) is 0.435. The molecule has 0 bridgehead atoms. The Kier molecular flexibility index (Phi) is 11.2. The largest absolute Gasteiger partial charge is 0.314 e. The highest BCUT2D eigenvalue weighted by Crippen LogP contribution is 2.15. The molecular formula is C23H33N5O. The first-order valence-electron chi connectivity index (χ1n) is 10.2. The zero-order valence-corrected chi connectivity index (χ0v) is 18.1. The first-order valence-corrected chi connectivity index (χ1v) is 10.2. The predicted molar refractivity (Wildman–Crippen MR) is 120 cm³/mol. The smallest absolute Gasteiger partial charge is 0.259 e. The van der Waals surface area contributed by atoms with Gasteiger partial charge in [-0.15, -0.1) is 0 Å². The summed E-state index contributed by atoms with van der Waals surface area (Å²) in [6.45, 7) is 16.3. The van der Waals surface area contributed by atoms with Crippen LogP contribution in [0.4, 0.5) is 0 Å². The normalized spacial score (nSPS) is 15.4. The van der Waals surface area contributed by atoms with Gasteiger partial charge in [-0.25, -0.2) is 4.99 Å². The first-order chi connectivity index (χ1) is 14.1. The minimum Gasteiger partial charge on any atom is -0.314 e. The minimum absolute atomic E-state index is 0.163. The van der Waals surface area contributed by atoms with Gasteiger partial charge in [-0.3, -0.25) is 14.6 Å². The zero-order chi connectivity index (χ0) is 21.6. The van der Waals surface area contributed by atoms with E-state index in [2.05, 4.69) is 34.8 Å². The highest BCUT2D eigenvalue weighted by Gasteiger charge is 2.24. The molecule has 29 heavy (non-hydrogen) atoms. The third-order valence-electron chi connectivity index (χ3n) is 4.54. The van der Waals surface area contributed by atoms with Gasteiger partial charge in [-0.2, -0.15) is 5.26 Å². The van der Waals surface area contributed by atoms with E-state index in [0.717, 1.165) is 26.2 Å². The molecule has 1 atom stereocenters. The second-order valence-electron chi connectivity index (χ2n) is 6.46. The number of rotatable bonds is 7. The second kappa shape index (κ2) is 13.4. The fourth-order valence-electron chi connectivity index (χ4n) is 2.94. The van der Waals surface area contributed by atoms with E-state index in [9.17, 15) is 4.79 Å². The Morgan fingerprint density at radius 3 is 2.52 bits per heavy atom. The van der Waals surface area contributed by atoms with Gasteiger partial charge in [0.2, 0.25) is 0 Å². The summed E-state index contributed by atoms with van der Waals surface area (Å²) >= 11 is 0. The Morgan fingerprint density at radius 1 is 1.34 bits per heavy atom. The highest BCUT2D eigenvalue weighted by molar-refractivity contribution is 5.95. The Balaban J connectivity index is 0.00000204. The SMILES string of the molecule is C=C(/N=C\C=C/C)N(C[C@@H](C)N1CCNCC1)C(=O)c1ccc(C#N)cc1.CC. The van der Waals surface area contributed by atoms with E-state index in [-0.39, 0.29) is 11.9 Å². The number of aliphatic imine (C=N–C) groups is 1. The highest BCUT2D eigenvalue weighted by atomic mass is 16.2. The molecule has 1 N–H and O–H groups in total. The molecule has 1 aromatic rings. The van der Waals surface area contributed by atoms with Gasteiger partial charge in [0.15, 0.2) is 0 Å². The maximum atomic E-state index is 13.1. The lowest BCUT2D eigenvalue weighted by molar-refractivity contribution is 0.0742. The van der Waals surface area contributed by atoms with Gasteiger partial charge in [-0.1, -0.05) is 26.5 Å². The van der Waals surface area contributed by atoms with Gasteiger partial charge < -0.3 is 5.32 Å². The summed E-state index contributed by atoms with van der Waals surface area (Å²) < 4.78 is 0. The fourth-order valence-corrected chi connectivity index (χ4v) is 2.94. The van der Waals surface area contributed by atoms with E-state index >= 15 is 0 Å². The van der Waals surface area contributed by atoms with Crippen LogP contribution in [0.25, 0.3) is 0 Å². The molecule has 1 aliphatic heterocycles. The van der Waals surface area contributed by atoms with Crippen LogP contribution >= 0.6 is 0 Å². The number of benzene rings is 1. The first kappa shape index (κ1) is 24.3. The Hall–Kier alpha value is -2.75. The monoisotopic (exact) mass is 395 g/mol. The molecule has 6 nitrogen and oxygen atoms in total. The number of carbonyl (C=O) groups excluding carboxylic acids is 1. The van der Waals surface area contributed by atoms with Gasteiger partial charge in [-0.05, 0) is 44.2 Å². The molecule has 0 saturated carbocycles. The molecule has 0 spiro atoms. The molecule has 1 amide bonds. The summed E-state index contributed by atoms with van der Waals surface area (Å²) in [4.78, 5) is 21.4. The number of nitriles is 1. The van der Waals surface area contributed by atoms with Crippen LogP contribution in [-0.2, 0) is 0 Å². The van der Waals surface area contributed by atoms with Crippen molar-refractivity contribution in [2.75, 3.05) is 32.7 Å². The van der Waals surface area contributed by atoms with Crippen molar-refractivity contribution in [3.8, 4) is 6.07 Å². The van der Waals surface area contributed by atoms with Crippen LogP contribution in [0.5, 0.6) is 0 Å². The van der Waals surface area contributed by atoms with Crippen LogP contribution in [0.15, 0.2) is 53.8 Å². The molecule has 1 saturated heterocycles. The summed E-state index contributed by atoms with van der Waals surface area (Å²) in [5.41, 5.74) is 1.04. The van der Waals surface area contributed by atoms with Gasteiger partial charge in [0.05, 0.1) is 11.6 Å². The Labute approximate surface area is 175 Å². The number of hydrogen-bond acceptors (Lipinski definition) is 5. The lowest BCUT2D eigenvalue weighted by Gasteiger charge is -2.35. The zero-order valence-electron chi connectivity index (χ0n) is 18.1. The van der Waals surface area contributed by atoms with Crippen molar-refractivity contribution < 1.29 is 4.79 Å². The number of allylic oxidation sites excluding steroid dienone is 2. The second-order valence-corrected chi connectivity index (χ2v) is 6.46. The molecule has 1 fully saturated rings. The number of nitrogens with zero attached hydrogens (tertiary/aromatic N) is 4. The molecule has 1 aromatic carbocycles. The molecule has 1 heterocycles. The van der Waals surface area contributed by atoms with Crippen LogP contribution in [0.2, 0.25) is 0 Å². The van der Waals surface area contributed by atoms with E-state index in [0.29, 0.717) is 23.5 Å². The van der Waals surface area contributed by atoms with E-state index in [1.807, 2.05) is 26.8 Å². The van der Waals surface area contributed by atoms with Crippen molar-refractivity contribution >= 4 is 12.1 Å². The van der Waals surface area contributed by atoms with Crippen molar-refractivity contribution in [3.05, 3.63) is 59.9 Å². The van der Waals surface area contributed by atoms with E-state index < -0.39 is 0 Å². The molecule has 2 rings (SSSR count). The van der Waals surface area contributed by atoms with Crippen molar-refractivity contribution in [1.29, 1.82) is 5.26 Å². The van der Waals surface area contributed by atoms with E-state index in [1.165, 1.54) is 0 Å². The Bertz CT molecular complexity index is 740. The quantitative estimate of drug-likeness (QED) is 0.718. The molecule has 1 aliphatic rings. The molecule has 6 heteroatoms. The molecule has 0 aliphatic carbocycles. The molecule has 0 radical (unpaired) electrons. The van der Waals surface area contributed by atoms with Crippen molar-refractivity contribution in [2.24, 2.45) is 4.99 Å². The maximum Gasteiger partial charge on any atom is 0.259 e. The Morgan fingerprint density at radius 2 is 1.97 bits per heavy atom. The molecule has 0 unspecified atom stereocenters. The van der Waals surface area contributed by atoms with Crippen molar-refractivity contribution in [1.82, 2.24) is 15.1 Å². The van der Waals surface area contributed by atoms with Crippen LogP contribution in [0, 0.1) is 11.3 Å². The average molecular weight is 396 g/mol. The van der Waals surface area contributed by atoms with Gasteiger partial charge >= 0.3 is 0 Å². The van der Waals surface area contributed by atoms with Gasteiger partial charge in [0, 0.05) is 50.5 Å². The third kappa shape index (κ3) is 7.65. The molecule has 156 valence electrons. The standard InChI is InChI=1S/C21H27N5O.C2H6/c1-4-5-10-24-18(3)26(16-17(2)25-13-11-23-12-14-25)21(27)20-8-6-19(15-22)7-9-20;1-2/h4-10,17,23H,3,11-14,16H2,1-2H3;1-2H3/b5-4-,24-10-;/t17-;/m1./s1. The van der Waals surface area contributed by atoms with E-state index in [4.69, 9.17) is 5.26 Å². The summed E-state index contributed by atoms with van der Waals surface area (Å²) in [7, 11) is 0. The number of amides is 1. The third-order valence-corrected chi connectivity index (χ3v) is 4.54. The average Bonchev–Trinajstić information content (AvgIpc) is 2.79. The lowest BCUT2D eigenvalue weighted by Crippen LogP contribution is -2.51. The summed E-state index contributed by atoms with van der Waals surface area (Å²) in [5, 5.41) is 12.3. The van der Waals surface area contributed by atoms with Crippen LogP contribution in [0.3, 0.4) is 0 Å². The summed E-state index contributed by atoms with van der Waals surface area (Å²) in [5.74, 6) is 0.244. The van der Waals surface area contributed by atoms with Crippen molar-refractivity contribution in [2.45, 2.75) is 33.7 Å². The number of hydrogen-bond donors (Lipinski definition) is 1. The predicted octanol–water partition coefficient (Wildman–Crippen LogP) is 3.44. The van der Waals surface area contributed by atoms with Crippen molar-refractivity contribution in [3.63, 3.8) is 0 Å². The number of piperazine rings is 1. The van der Waals surface area contributed by atoms with Crippen LogP contribution in [0.1, 0.15) is 43.6 Å². The lowest BCUT2D eigenvalue weighted by atomic mass is 10.1. The van der Waals surface area contributed by atoms with Gasteiger partial charge in [0.25, 0.3) is 5.91 Å². The number of carbonyl (C=O) groups is 1. The van der Waals surface area contributed by atoms with Gasteiger partial charge in [0.1, 0.15) is 5.82 Å². The summed E-state index contributed by atoms with van der Waals surface area (Å²) in [6, 6.07) is 8.90. The topological polar surface area (TPSA) is 71.7 Å². The molecular weight excluding hydrogens is 362 g/mol.